The summed E-state index contributed by atoms with van der Waals surface area (Å²) in [7, 11) is 0. The van der Waals surface area contributed by atoms with Crippen LogP contribution < -0.4 is 16.2 Å². The fourth-order valence-corrected chi connectivity index (χ4v) is 1.11. The van der Waals surface area contributed by atoms with Crippen LogP contribution in [0.3, 0.4) is 0 Å². The molecule has 0 aliphatic rings. The second kappa shape index (κ2) is 6.03. The molecular formula is C12H16FN3O3. The van der Waals surface area contributed by atoms with Crippen molar-refractivity contribution in [1.29, 1.82) is 0 Å². The SMILES string of the molecule is CC(C)(C)OC(=O)NNC(=O)Nc1ccc(F)cc1. The van der Waals surface area contributed by atoms with Crippen LogP contribution in [0.25, 0.3) is 0 Å². The summed E-state index contributed by atoms with van der Waals surface area (Å²) in [6, 6.07) is 4.52. The van der Waals surface area contributed by atoms with E-state index in [1.807, 2.05) is 0 Å². The summed E-state index contributed by atoms with van der Waals surface area (Å²) in [5, 5.41) is 2.40. The van der Waals surface area contributed by atoms with Crippen molar-refractivity contribution in [1.82, 2.24) is 10.9 Å². The first-order valence-electron chi connectivity index (χ1n) is 5.58. The lowest BCUT2D eigenvalue weighted by Crippen LogP contribution is -2.46. The van der Waals surface area contributed by atoms with Crippen LogP contribution in [0.1, 0.15) is 20.8 Å². The van der Waals surface area contributed by atoms with Crippen molar-refractivity contribution in [3.8, 4) is 0 Å². The molecule has 3 N–H and O–H groups in total. The van der Waals surface area contributed by atoms with Crippen molar-refractivity contribution in [2.45, 2.75) is 26.4 Å². The van der Waals surface area contributed by atoms with Crippen molar-refractivity contribution in [3.63, 3.8) is 0 Å². The molecule has 0 spiro atoms. The summed E-state index contributed by atoms with van der Waals surface area (Å²) < 4.78 is 17.5. The Labute approximate surface area is 110 Å². The topological polar surface area (TPSA) is 79.5 Å². The number of urea groups is 1. The molecule has 0 aromatic heterocycles. The van der Waals surface area contributed by atoms with Gasteiger partial charge in [0.25, 0.3) is 0 Å². The Bertz CT molecular complexity index is 454. The quantitative estimate of drug-likeness (QED) is 0.685. The second-order valence-electron chi connectivity index (χ2n) is 4.71. The molecule has 0 atom stereocenters. The molecule has 1 aromatic rings. The third-order valence-electron chi connectivity index (χ3n) is 1.78. The highest BCUT2D eigenvalue weighted by atomic mass is 19.1. The van der Waals surface area contributed by atoms with Crippen LogP contribution in [-0.4, -0.2) is 17.7 Å². The maximum Gasteiger partial charge on any atom is 0.426 e. The molecular weight excluding hydrogens is 253 g/mol. The van der Waals surface area contributed by atoms with Gasteiger partial charge in [0.1, 0.15) is 11.4 Å². The average molecular weight is 269 g/mol. The highest BCUT2D eigenvalue weighted by Crippen LogP contribution is 2.08. The number of hydrogen-bond acceptors (Lipinski definition) is 3. The Balaban J connectivity index is 2.36. The van der Waals surface area contributed by atoms with Gasteiger partial charge < -0.3 is 10.1 Å². The van der Waals surface area contributed by atoms with Crippen molar-refractivity contribution in [3.05, 3.63) is 30.1 Å². The lowest BCUT2D eigenvalue weighted by atomic mass is 10.2. The monoisotopic (exact) mass is 269 g/mol. The molecule has 0 aliphatic heterocycles. The molecule has 1 rings (SSSR count). The van der Waals surface area contributed by atoms with Gasteiger partial charge in [-0.1, -0.05) is 0 Å². The zero-order valence-electron chi connectivity index (χ0n) is 10.9. The Morgan fingerprint density at radius 2 is 1.68 bits per heavy atom. The van der Waals surface area contributed by atoms with E-state index >= 15 is 0 Å². The molecule has 0 unspecified atom stereocenters. The van der Waals surface area contributed by atoms with Crippen molar-refractivity contribution in [2.75, 3.05) is 5.32 Å². The Kier molecular flexibility index (Phi) is 4.68. The third kappa shape index (κ3) is 6.25. The Morgan fingerprint density at radius 1 is 1.11 bits per heavy atom. The number of nitrogens with one attached hydrogen (secondary N) is 3. The summed E-state index contributed by atoms with van der Waals surface area (Å²) in [5.74, 6) is -0.405. The molecule has 0 fully saturated rings. The number of benzene rings is 1. The molecule has 104 valence electrons. The first-order valence-corrected chi connectivity index (χ1v) is 5.58. The number of amides is 3. The molecule has 3 amide bonds. The number of rotatable bonds is 1. The minimum Gasteiger partial charge on any atom is -0.443 e. The van der Waals surface area contributed by atoms with Gasteiger partial charge in [0.05, 0.1) is 0 Å². The van der Waals surface area contributed by atoms with Crippen LogP contribution in [0.15, 0.2) is 24.3 Å². The lowest BCUT2D eigenvalue weighted by Gasteiger charge is -2.19. The molecule has 1 aromatic carbocycles. The van der Waals surface area contributed by atoms with Gasteiger partial charge in [-0.3, -0.25) is 0 Å². The predicted octanol–water partition coefficient (Wildman–Crippen LogP) is 2.39. The third-order valence-corrected chi connectivity index (χ3v) is 1.78. The Hall–Kier alpha value is -2.31. The van der Waals surface area contributed by atoms with E-state index in [4.69, 9.17) is 4.74 Å². The minimum absolute atomic E-state index is 0.393. The van der Waals surface area contributed by atoms with Crippen LogP contribution in [0.5, 0.6) is 0 Å². The molecule has 0 radical (unpaired) electrons. The fourth-order valence-electron chi connectivity index (χ4n) is 1.11. The van der Waals surface area contributed by atoms with Gasteiger partial charge in [-0.25, -0.2) is 24.8 Å². The molecule has 19 heavy (non-hydrogen) atoms. The van der Waals surface area contributed by atoms with E-state index in [1.165, 1.54) is 24.3 Å². The number of hydrazine groups is 1. The van der Waals surface area contributed by atoms with Crippen LogP contribution in [0.4, 0.5) is 19.7 Å². The first kappa shape index (κ1) is 14.7. The highest BCUT2D eigenvalue weighted by Gasteiger charge is 2.16. The van der Waals surface area contributed by atoms with E-state index in [0.717, 1.165) is 0 Å². The van der Waals surface area contributed by atoms with Crippen molar-refractivity contribution in [2.24, 2.45) is 0 Å². The van der Waals surface area contributed by atoms with Crippen molar-refractivity contribution < 1.29 is 18.7 Å². The first-order chi connectivity index (χ1) is 8.76. The van der Waals surface area contributed by atoms with Crippen LogP contribution >= 0.6 is 0 Å². The van der Waals surface area contributed by atoms with Crippen LogP contribution in [-0.2, 0) is 4.74 Å². The number of ether oxygens (including phenoxy) is 1. The van der Waals surface area contributed by atoms with Gasteiger partial charge in [-0.15, -0.1) is 0 Å². The number of carbonyl (C=O) groups is 2. The molecule has 6 nitrogen and oxygen atoms in total. The number of anilines is 1. The zero-order chi connectivity index (χ0) is 14.5. The van der Waals surface area contributed by atoms with Gasteiger partial charge in [0, 0.05) is 5.69 Å². The molecule has 0 saturated carbocycles. The molecule has 0 aliphatic carbocycles. The van der Waals surface area contributed by atoms with E-state index in [2.05, 4.69) is 16.2 Å². The standard InChI is InChI=1S/C12H16FN3O3/c1-12(2,3)19-11(18)16-15-10(17)14-9-6-4-8(13)5-7-9/h4-7H,1-3H3,(H,16,18)(H2,14,15,17). The van der Waals surface area contributed by atoms with Crippen LogP contribution in [0.2, 0.25) is 0 Å². The molecule has 0 bridgehead atoms. The summed E-state index contributed by atoms with van der Waals surface area (Å²) in [5.41, 5.74) is 3.91. The predicted molar refractivity (Wildman–Crippen MR) is 67.9 cm³/mol. The minimum atomic E-state index is -0.776. The maximum atomic E-state index is 12.6. The number of carbonyl (C=O) groups excluding carboxylic acids is 2. The second-order valence-corrected chi connectivity index (χ2v) is 4.71. The maximum absolute atomic E-state index is 12.6. The average Bonchev–Trinajstić information content (AvgIpc) is 2.27. The molecule has 0 saturated heterocycles. The van der Waals surface area contributed by atoms with Crippen LogP contribution in [0, 0.1) is 5.82 Å². The molecule has 7 heteroatoms. The normalized spacial score (nSPS) is 10.5. The summed E-state index contributed by atoms with van der Waals surface area (Å²) in [6.07, 6.45) is -0.776. The summed E-state index contributed by atoms with van der Waals surface area (Å²) in [6.45, 7) is 5.10. The molecule has 0 heterocycles. The van der Waals surface area contributed by atoms with Crippen molar-refractivity contribution >= 4 is 17.8 Å². The smallest absolute Gasteiger partial charge is 0.426 e. The van der Waals surface area contributed by atoms with Gasteiger partial charge in [0.15, 0.2) is 0 Å². The lowest BCUT2D eigenvalue weighted by molar-refractivity contribution is 0.0506. The number of hydrogen-bond donors (Lipinski definition) is 3. The Morgan fingerprint density at radius 3 is 2.21 bits per heavy atom. The van der Waals surface area contributed by atoms with Gasteiger partial charge in [0.2, 0.25) is 0 Å². The van der Waals surface area contributed by atoms with Gasteiger partial charge >= 0.3 is 12.1 Å². The van der Waals surface area contributed by atoms with E-state index < -0.39 is 23.5 Å². The van der Waals surface area contributed by atoms with E-state index in [1.54, 1.807) is 20.8 Å². The summed E-state index contributed by atoms with van der Waals surface area (Å²) >= 11 is 0. The highest BCUT2D eigenvalue weighted by molar-refractivity contribution is 5.90. The summed E-state index contributed by atoms with van der Waals surface area (Å²) in [4.78, 5) is 22.6. The number of halogens is 1. The zero-order valence-corrected chi connectivity index (χ0v) is 10.9. The van der Waals surface area contributed by atoms with E-state index in [0.29, 0.717) is 5.69 Å². The largest absolute Gasteiger partial charge is 0.443 e. The van der Waals surface area contributed by atoms with E-state index in [9.17, 15) is 14.0 Å². The van der Waals surface area contributed by atoms with Gasteiger partial charge in [-0.2, -0.15) is 0 Å². The van der Waals surface area contributed by atoms with E-state index in [-0.39, 0.29) is 0 Å². The van der Waals surface area contributed by atoms with Gasteiger partial charge in [-0.05, 0) is 45.0 Å². The fraction of sp³-hybridized carbons (Fsp3) is 0.333.